The van der Waals surface area contributed by atoms with Crippen LogP contribution in [0.3, 0.4) is 0 Å². The number of piperazine rings is 1. The van der Waals surface area contributed by atoms with Crippen LogP contribution in [0, 0.1) is 0 Å². The van der Waals surface area contributed by atoms with Gasteiger partial charge in [-0.15, -0.1) is 0 Å². The molecule has 4 nitrogen and oxygen atoms in total. The number of rotatable bonds is 4. The summed E-state index contributed by atoms with van der Waals surface area (Å²) in [5.74, 6) is 1.06. The Labute approximate surface area is 104 Å². The Hall–Kier alpha value is -0.840. The van der Waals surface area contributed by atoms with Crippen LogP contribution in [0.1, 0.15) is 5.76 Å². The van der Waals surface area contributed by atoms with Gasteiger partial charge >= 0.3 is 0 Å². The van der Waals surface area contributed by atoms with Crippen LogP contribution >= 0.6 is 0 Å². The van der Waals surface area contributed by atoms with Crippen LogP contribution in [-0.4, -0.2) is 62.7 Å². The van der Waals surface area contributed by atoms with Crippen molar-refractivity contribution in [2.24, 2.45) is 0 Å². The molecule has 0 spiro atoms. The Morgan fingerprint density at radius 3 is 2.94 bits per heavy atom. The molecule has 0 aliphatic carbocycles. The van der Waals surface area contributed by atoms with Gasteiger partial charge in [-0.3, -0.25) is 4.90 Å². The van der Waals surface area contributed by atoms with Crippen LogP contribution in [0.4, 0.5) is 0 Å². The van der Waals surface area contributed by atoms with E-state index in [1.54, 1.807) is 6.26 Å². The summed E-state index contributed by atoms with van der Waals surface area (Å²) >= 11 is 0. The standard InChI is InChI=1S/C13H23N3O/c1-14-12(9-11-5-4-8-17-11)13-10-15(2)6-7-16(13)3/h4-5,8,12-14H,6-7,9-10H2,1-3H3. The van der Waals surface area contributed by atoms with E-state index < -0.39 is 0 Å². The quantitative estimate of drug-likeness (QED) is 0.833. The highest BCUT2D eigenvalue weighted by Gasteiger charge is 2.29. The van der Waals surface area contributed by atoms with Crippen molar-refractivity contribution >= 4 is 0 Å². The fourth-order valence-corrected chi connectivity index (χ4v) is 2.55. The second kappa shape index (κ2) is 5.67. The van der Waals surface area contributed by atoms with Crippen LogP contribution in [0.5, 0.6) is 0 Å². The lowest BCUT2D eigenvalue weighted by Crippen LogP contribution is -2.58. The Bertz CT molecular complexity index is 325. The third kappa shape index (κ3) is 3.09. The molecule has 4 heteroatoms. The predicted octanol–water partition coefficient (Wildman–Crippen LogP) is 0.656. The molecule has 0 saturated carbocycles. The van der Waals surface area contributed by atoms with E-state index in [2.05, 4.69) is 35.3 Å². The molecule has 2 heterocycles. The third-order valence-electron chi connectivity index (χ3n) is 3.74. The van der Waals surface area contributed by atoms with Gasteiger partial charge in [0.1, 0.15) is 5.76 Å². The van der Waals surface area contributed by atoms with E-state index in [-0.39, 0.29) is 0 Å². The average molecular weight is 237 g/mol. The first kappa shape index (κ1) is 12.6. The molecule has 0 radical (unpaired) electrons. The summed E-state index contributed by atoms with van der Waals surface area (Å²) in [4.78, 5) is 4.85. The lowest BCUT2D eigenvalue weighted by Gasteiger charge is -2.41. The van der Waals surface area contributed by atoms with Crippen molar-refractivity contribution in [2.45, 2.75) is 18.5 Å². The highest BCUT2D eigenvalue weighted by molar-refractivity contribution is 5.03. The van der Waals surface area contributed by atoms with E-state index in [0.717, 1.165) is 31.8 Å². The second-order valence-electron chi connectivity index (χ2n) is 4.99. The minimum Gasteiger partial charge on any atom is -0.469 e. The SMILES string of the molecule is CNC(Cc1ccco1)C1CN(C)CCN1C. The summed E-state index contributed by atoms with van der Waals surface area (Å²) in [7, 11) is 6.44. The van der Waals surface area contributed by atoms with Crippen LogP contribution < -0.4 is 5.32 Å². The van der Waals surface area contributed by atoms with Gasteiger partial charge in [0.05, 0.1) is 6.26 Å². The molecule has 2 rings (SSSR count). The van der Waals surface area contributed by atoms with Gasteiger partial charge in [0, 0.05) is 38.1 Å². The lowest BCUT2D eigenvalue weighted by molar-refractivity contribution is 0.0883. The van der Waals surface area contributed by atoms with Crippen molar-refractivity contribution in [1.82, 2.24) is 15.1 Å². The number of hydrogen-bond donors (Lipinski definition) is 1. The number of nitrogens with zero attached hydrogens (tertiary/aromatic N) is 2. The molecular formula is C13H23N3O. The smallest absolute Gasteiger partial charge is 0.105 e. The second-order valence-corrected chi connectivity index (χ2v) is 4.99. The molecule has 0 amide bonds. The Kier molecular flexibility index (Phi) is 4.20. The summed E-state index contributed by atoms with van der Waals surface area (Å²) < 4.78 is 5.45. The van der Waals surface area contributed by atoms with Gasteiger partial charge in [0.2, 0.25) is 0 Å². The Balaban J connectivity index is 2.01. The molecule has 2 unspecified atom stereocenters. The summed E-state index contributed by atoms with van der Waals surface area (Å²) in [6, 6.07) is 4.99. The van der Waals surface area contributed by atoms with E-state index in [9.17, 15) is 0 Å². The fraction of sp³-hybridized carbons (Fsp3) is 0.692. The highest BCUT2D eigenvalue weighted by Crippen LogP contribution is 2.14. The largest absolute Gasteiger partial charge is 0.469 e. The molecule has 1 aliphatic rings. The lowest BCUT2D eigenvalue weighted by atomic mass is 10.00. The molecule has 1 aromatic rings. The zero-order chi connectivity index (χ0) is 12.3. The topological polar surface area (TPSA) is 31.7 Å². The number of likely N-dealkylation sites (N-methyl/N-ethyl adjacent to an activating group) is 3. The summed E-state index contributed by atoms with van der Waals surface area (Å²) in [5, 5.41) is 3.43. The third-order valence-corrected chi connectivity index (χ3v) is 3.74. The molecule has 1 saturated heterocycles. The predicted molar refractivity (Wildman–Crippen MR) is 69.2 cm³/mol. The number of nitrogens with one attached hydrogen (secondary N) is 1. The molecular weight excluding hydrogens is 214 g/mol. The van der Waals surface area contributed by atoms with E-state index in [1.165, 1.54) is 0 Å². The number of furan rings is 1. The summed E-state index contributed by atoms with van der Waals surface area (Å²) in [6.45, 7) is 3.41. The average Bonchev–Trinajstić information content (AvgIpc) is 2.82. The molecule has 1 fully saturated rings. The van der Waals surface area contributed by atoms with Crippen LogP contribution in [0.2, 0.25) is 0 Å². The van der Waals surface area contributed by atoms with Crippen molar-refractivity contribution in [2.75, 3.05) is 40.8 Å². The van der Waals surface area contributed by atoms with Crippen LogP contribution in [0.15, 0.2) is 22.8 Å². The molecule has 0 bridgehead atoms. The minimum absolute atomic E-state index is 0.439. The Morgan fingerprint density at radius 2 is 2.29 bits per heavy atom. The van der Waals surface area contributed by atoms with E-state index in [1.807, 2.05) is 13.1 Å². The van der Waals surface area contributed by atoms with Gasteiger partial charge in [-0.25, -0.2) is 0 Å². The zero-order valence-corrected chi connectivity index (χ0v) is 11.0. The maximum Gasteiger partial charge on any atom is 0.105 e. The first-order chi connectivity index (χ1) is 8.20. The molecule has 1 aromatic heterocycles. The van der Waals surface area contributed by atoms with Gasteiger partial charge in [-0.05, 0) is 33.3 Å². The van der Waals surface area contributed by atoms with Crippen LogP contribution in [0.25, 0.3) is 0 Å². The van der Waals surface area contributed by atoms with E-state index in [0.29, 0.717) is 12.1 Å². The van der Waals surface area contributed by atoms with Crippen molar-refractivity contribution in [3.05, 3.63) is 24.2 Å². The summed E-state index contributed by atoms with van der Waals surface area (Å²) in [5.41, 5.74) is 0. The maximum absolute atomic E-state index is 5.45. The minimum atomic E-state index is 0.439. The fourth-order valence-electron chi connectivity index (χ4n) is 2.55. The van der Waals surface area contributed by atoms with Gasteiger partial charge in [-0.1, -0.05) is 0 Å². The first-order valence-electron chi connectivity index (χ1n) is 6.29. The number of hydrogen-bond acceptors (Lipinski definition) is 4. The molecule has 0 aromatic carbocycles. The van der Waals surface area contributed by atoms with E-state index in [4.69, 9.17) is 4.42 Å². The van der Waals surface area contributed by atoms with Gasteiger partial charge in [0.15, 0.2) is 0 Å². The highest BCUT2D eigenvalue weighted by atomic mass is 16.3. The Morgan fingerprint density at radius 1 is 1.47 bits per heavy atom. The van der Waals surface area contributed by atoms with Gasteiger partial charge in [0.25, 0.3) is 0 Å². The van der Waals surface area contributed by atoms with E-state index >= 15 is 0 Å². The normalized spacial score (nSPS) is 25.0. The van der Waals surface area contributed by atoms with Crippen molar-refractivity contribution in [1.29, 1.82) is 0 Å². The maximum atomic E-state index is 5.45. The first-order valence-corrected chi connectivity index (χ1v) is 6.29. The van der Waals surface area contributed by atoms with Crippen molar-refractivity contribution < 1.29 is 4.42 Å². The monoisotopic (exact) mass is 237 g/mol. The van der Waals surface area contributed by atoms with Crippen LogP contribution in [-0.2, 0) is 6.42 Å². The molecule has 1 N–H and O–H groups in total. The van der Waals surface area contributed by atoms with Gasteiger partial charge < -0.3 is 14.6 Å². The molecule has 17 heavy (non-hydrogen) atoms. The zero-order valence-electron chi connectivity index (χ0n) is 11.0. The summed E-state index contributed by atoms with van der Waals surface area (Å²) in [6.07, 6.45) is 2.70. The van der Waals surface area contributed by atoms with Gasteiger partial charge in [-0.2, -0.15) is 0 Å². The molecule has 2 atom stereocenters. The van der Waals surface area contributed by atoms with Crippen molar-refractivity contribution in [3.63, 3.8) is 0 Å². The van der Waals surface area contributed by atoms with Crippen molar-refractivity contribution in [3.8, 4) is 0 Å². The molecule has 1 aliphatic heterocycles. The molecule has 96 valence electrons.